The number of hydrogen-bond donors (Lipinski definition) is 0. The summed E-state index contributed by atoms with van der Waals surface area (Å²) < 4.78 is 11.0. The lowest BCUT2D eigenvalue weighted by Gasteiger charge is -2.12. The molecule has 2 rings (SSSR count). The van der Waals surface area contributed by atoms with Gasteiger partial charge in [-0.1, -0.05) is 121 Å². The highest BCUT2D eigenvalue weighted by Gasteiger charge is 2.17. The zero-order chi connectivity index (χ0) is 23.0. The summed E-state index contributed by atoms with van der Waals surface area (Å²) in [5.74, 6) is 1.14. The predicted octanol–water partition coefficient (Wildman–Crippen LogP) is 8.73. The first-order valence-electron chi connectivity index (χ1n) is 12.9. The Bertz CT molecular complexity index is 781. The van der Waals surface area contributed by atoms with Crippen molar-refractivity contribution in [1.82, 2.24) is 0 Å². The maximum absolute atomic E-state index is 12.7. The van der Waals surface area contributed by atoms with Crippen LogP contribution in [0.5, 0.6) is 5.75 Å². The molecule has 0 saturated carbocycles. The van der Waals surface area contributed by atoms with E-state index in [1.165, 1.54) is 70.6 Å². The summed E-state index contributed by atoms with van der Waals surface area (Å²) in [6, 6.07) is 11.7. The third-order valence-electron chi connectivity index (χ3n) is 6.22. The first-order valence-corrected chi connectivity index (χ1v) is 12.9. The molecule has 2 aromatic carbocycles. The van der Waals surface area contributed by atoms with Crippen LogP contribution in [0.3, 0.4) is 0 Å². The van der Waals surface area contributed by atoms with Crippen LogP contribution < -0.4 is 4.74 Å². The Morgan fingerprint density at radius 3 is 1.91 bits per heavy atom. The van der Waals surface area contributed by atoms with Gasteiger partial charge in [0, 0.05) is 0 Å². The average molecular weight is 441 g/mol. The molecule has 0 radical (unpaired) electrons. The molecule has 0 amide bonds. The highest BCUT2D eigenvalue weighted by molar-refractivity contribution is 6.07. The van der Waals surface area contributed by atoms with E-state index in [-0.39, 0.29) is 5.97 Å². The first kappa shape index (κ1) is 26.2. The zero-order valence-electron chi connectivity index (χ0n) is 20.7. The van der Waals surface area contributed by atoms with Gasteiger partial charge in [0.05, 0.1) is 13.7 Å². The Kier molecular flexibility index (Phi) is 12.9. The van der Waals surface area contributed by atoms with Crippen LogP contribution in [0, 0.1) is 5.92 Å². The molecule has 2 aromatic rings. The van der Waals surface area contributed by atoms with E-state index in [1.54, 1.807) is 7.11 Å². The number of methoxy groups -OCH3 is 1. The smallest absolute Gasteiger partial charge is 0.342 e. The highest BCUT2D eigenvalue weighted by atomic mass is 16.5. The van der Waals surface area contributed by atoms with Gasteiger partial charge in [0.1, 0.15) is 11.3 Å². The standard InChI is InChI=1S/C29H44O3/c1-24(2)18-14-12-10-8-6-4-5-7-9-11-13-17-23-32-29(30)28-26-20-16-15-19-25(26)21-22-27(28)31-3/h15-16,19-22,24H,4-14,17-18,23H2,1-3H3. The van der Waals surface area contributed by atoms with Crippen molar-refractivity contribution in [3.8, 4) is 5.75 Å². The number of hydrogen-bond acceptors (Lipinski definition) is 3. The number of carbonyl (C=O) groups is 1. The summed E-state index contributed by atoms with van der Waals surface area (Å²) >= 11 is 0. The Balaban J connectivity index is 1.51. The van der Waals surface area contributed by atoms with E-state index in [1.807, 2.05) is 36.4 Å². The van der Waals surface area contributed by atoms with Crippen molar-refractivity contribution in [3.63, 3.8) is 0 Å². The minimum atomic E-state index is -0.289. The number of esters is 1. The number of rotatable bonds is 17. The monoisotopic (exact) mass is 440 g/mol. The van der Waals surface area contributed by atoms with Gasteiger partial charge in [-0.15, -0.1) is 0 Å². The molecule has 178 valence electrons. The van der Waals surface area contributed by atoms with Crippen LogP contribution in [0.25, 0.3) is 10.8 Å². The number of fused-ring (bicyclic) bond motifs is 1. The molecule has 3 nitrogen and oxygen atoms in total. The second-order valence-corrected chi connectivity index (χ2v) is 9.43. The van der Waals surface area contributed by atoms with Gasteiger partial charge in [0.2, 0.25) is 0 Å². The van der Waals surface area contributed by atoms with Gasteiger partial charge in [0.15, 0.2) is 0 Å². The van der Waals surface area contributed by atoms with Crippen molar-refractivity contribution in [2.24, 2.45) is 5.92 Å². The molecule has 0 unspecified atom stereocenters. The van der Waals surface area contributed by atoms with Crippen LogP contribution in [-0.4, -0.2) is 19.7 Å². The Morgan fingerprint density at radius 2 is 1.31 bits per heavy atom. The molecule has 0 atom stereocenters. The third-order valence-corrected chi connectivity index (χ3v) is 6.22. The van der Waals surface area contributed by atoms with Gasteiger partial charge in [-0.2, -0.15) is 0 Å². The molecular formula is C29H44O3. The predicted molar refractivity (Wildman–Crippen MR) is 136 cm³/mol. The molecule has 0 saturated heterocycles. The number of unbranched alkanes of at least 4 members (excludes halogenated alkanes) is 11. The van der Waals surface area contributed by atoms with Gasteiger partial charge in [-0.3, -0.25) is 0 Å². The minimum absolute atomic E-state index is 0.289. The van der Waals surface area contributed by atoms with E-state index in [9.17, 15) is 4.79 Å². The fourth-order valence-electron chi connectivity index (χ4n) is 4.29. The van der Waals surface area contributed by atoms with Crippen molar-refractivity contribution in [3.05, 3.63) is 42.0 Å². The highest BCUT2D eigenvalue weighted by Crippen LogP contribution is 2.28. The fourth-order valence-corrected chi connectivity index (χ4v) is 4.29. The van der Waals surface area contributed by atoms with Gasteiger partial charge < -0.3 is 9.47 Å². The minimum Gasteiger partial charge on any atom is -0.496 e. The van der Waals surface area contributed by atoms with E-state index in [0.717, 1.165) is 29.5 Å². The summed E-state index contributed by atoms with van der Waals surface area (Å²) in [5.41, 5.74) is 0.533. The summed E-state index contributed by atoms with van der Waals surface area (Å²) in [4.78, 5) is 12.7. The molecule has 32 heavy (non-hydrogen) atoms. The summed E-state index contributed by atoms with van der Waals surface area (Å²) in [6.07, 6.45) is 17.1. The van der Waals surface area contributed by atoms with Crippen LogP contribution in [0.1, 0.15) is 108 Å². The Morgan fingerprint density at radius 1 is 0.750 bits per heavy atom. The van der Waals surface area contributed by atoms with E-state index >= 15 is 0 Å². The zero-order valence-corrected chi connectivity index (χ0v) is 20.7. The molecule has 0 aliphatic rings. The van der Waals surface area contributed by atoms with Gasteiger partial charge in [-0.25, -0.2) is 4.79 Å². The molecule has 0 aliphatic carbocycles. The van der Waals surface area contributed by atoms with Crippen LogP contribution in [-0.2, 0) is 4.74 Å². The number of benzene rings is 2. The lowest BCUT2D eigenvalue weighted by atomic mass is 10.0. The first-order chi connectivity index (χ1) is 15.6. The van der Waals surface area contributed by atoms with E-state index < -0.39 is 0 Å². The van der Waals surface area contributed by atoms with Crippen LogP contribution in [0.15, 0.2) is 36.4 Å². The molecule has 0 aliphatic heterocycles. The normalized spacial score (nSPS) is 11.2. The maximum Gasteiger partial charge on any atom is 0.342 e. The van der Waals surface area contributed by atoms with E-state index in [2.05, 4.69) is 13.8 Å². The lowest BCUT2D eigenvalue weighted by Crippen LogP contribution is -2.09. The van der Waals surface area contributed by atoms with Crippen LogP contribution >= 0.6 is 0 Å². The topological polar surface area (TPSA) is 35.5 Å². The SMILES string of the molecule is COc1ccc2ccccc2c1C(=O)OCCCCCCCCCCCCCCC(C)C. The molecular weight excluding hydrogens is 396 g/mol. The molecule has 0 fully saturated rings. The van der Waals surface area contributed by atoms with Crippen molar-refractivity contribution in [1.29, 1.82) is 0 Å². The second kappa shape index (κ2) is 15.7. The number of carbonyl (C=O) groups excluding carboxylic acids is 1. The van der Waals surface area contributed by atoms with E-state index in [0.29, 0.717) is 17.9 Å². The fraction of sp³-hybridized carbons (Fsp3) is 0.621. The van der Waals surface area contributed by atoms with Crippen molar-refractivity contribution in [2.75, 3.05) is 13.7 Å². The van der Waals surface area contributed by atoms with Crippen LogP contribution in [0.4, 0.5) is 0 Å². The Labute approximate surface area is 195 Å². The van der Waals surface area contributed by atoms with Crippen molar-refractivity contribution < 1.29 is 14.3 Å². The lowest BCUT2D eigenvalue weighted by molar-refractivity contribution is 0.0496. The van der Waals surface area contributed by atoms with Crippen molar-refractivity contribution in [2.45, 2.75) is 97.3 Å². The summed E-state index contributed by atoms with van der Waals surface area (Å²) in [7, 11) is 1.59. The van der Waals surface area contributed by atoms with Gasteiger partial charge >= 0.3 is 5.97 Å². The quantitative estimate of drug-likeness (QED) is 0.182. The van der Waals surface area contributed by atoms with Gasteiger partial charge in [0.25, 0.3) is 0 Å². The van der Waals surface area contributed by atoms with E-state index in [4.69, 9.17) is 9.47 Å². The number of ether oxygens (including phenoxy) is 2. The molecule has 0 spiro atoms. The third kappa shape index (κ3) is 9.63. The molecule has 0 heterocycles. The largest absolute Gasteiger partial charge is 0.496 e. The van der Waals surface area contributed by atoms with Gasteiger partial charge in [-0.05, 0) is 29.2 Å². The molecule has 0 bridgehead atoms. The van der Waals surface area contributed by atoms with Crippen LogP contribution in [0.2, 0.25) is 0 Å². The average Bonchev–Trinajstić information content (AvgIpc) is 2.80. The second-order valence-electron chi connectivity index (χ2n) is 9.43. The van der Waals surface area contributed by atoms with Crippen molar-refractivity contribution >= 4 is 16.7 Å². The molecule has 3 heteroatoms. The Hall–Kier alpha value is -2.03. The summed E-state index contributed by atoms with van der Waals surface area (Å²) in [6.45, 7) is 5.11. The summed E-state index contributed by atoms with van der Waals surface area (Å²) in [5, 5.41) is 1.90. The molecule has 0 aromatic heterocycles. The maximum atomic E-state index is 12.7. The molecule has 0 N–H and O–H groups in total.